The Balaban J connectivity index is 2.25. The fourth-order valence-corrected chi connectivity index (χ4v) is 2.84. The third kappa shape index (κ3) is 3.98. The van der Waals surface area contributed by atoms with E-state index in [1.165, 1.54) is 17.3 Å². The molecule has 0 bridgehead atoms. The van der Waals surface area contributed by atoms with Gasteiger partial charge in [-0.1, -0.05) is 41.6 Å². The van der Waals surface area contributed by atoms with Crippen LogP contribution in [0.5, 0.6) is 0 Å². The van der Waals surface area contributed by atoms with Gasteiger partial charge in [0.2, 0.25) is 5.91 Å². The lowest BCUT2D eigenvalue weighted by atomic mass is 10.1. The van der Waals surface area contributed by atoms with Gasteiger partial charge in [-0.2, -0.15) is 0 Å². The van der Waals surface area contributed by atoms with Crippen molar-refractivity contribution >= 4 is 17.7 Å². The van der Waals surface area contributed by atoms with Crippen LogP contribution >= 0.6 is 11.8 Å². The maximum Gasteiger partial charge on any atom is 0.230 e. The molecule has 1 aromatic heterocycles. The van der Waals surface area contributed by atoms with Gasteiger partial charge in [0.15, 0.2) is 11.0 Å². The minimum absolute atomic E-state index is 0.00208. The molecule has 1 N–H and O–H groups in total. The van der Waals surface area contributed by atoms with E-state index in [9.17, 15) is 4.79 Å². The van der Waals surface area contributed by atoms with E-state index in [0.717, 1.165) is 16.5 Å². The van der Waals surface area contributed by atoms with Gasteiger partial charge in [-0.3, -0.25) is 9.36 Å². The maximum atomic E-state index is 11.6. The first-order valence-corrected chi connectivity index (χ1v) is 8.15. The molecule has 0 radical (unpaired) electrons. The number of carbonyl (C=O) groups excluding carboxylic acids is 1. The second-order valence-electron chi connectivity index (χ2n) is 4.82. The predicted molar refractivity (Wildman–Crippen MR) is 89.8 cm³/mol. The summed E-state index contributed by atoms with van der Waals surface area (Å²) in [4.78, 5) is 11.6. The number of aryl methyl sites for hydroxylation is 1. The predicted octanol–water partition coefficient (Wildman–Crippen LogP) is 2.67. The van der Waals surface area contributed by atoms with Crippen LogP contribution in [0.15, 0.2) is 42.1 Å². The highest BCUT2D eigenvalue weighted by atomic mass is 32.2. The van der Waals surface area contributed by atoms with Crippen LogP contribution in [0.4, 0.5) is 0 Å². The number of nitrogens with zero attached hydrogens (tertiary/aromatic N) is 3. The lowest BCUT2D eigenvalue weighted by molar-refractivity contribution is -0.118. The summed E-state index contributed by atoms with van der Waals surface area (Å²) in [5.74, 6) is 1.12. The Morgan fingerprint density at radius 3 is 2.95 bits per heavy atom. The zero-order valence-corrected chi connectivity index (χ0v) is 13.7. The first kappa shape index (κ1) is 16.3. The highest BCUT2D eigenvalue weighted by Gasteiger charge is 2.14. The van der Waals surface area contributed by atoms with Gasteiger partial charge in [-0.25, -0.2) is 0 Å². The second-order valence-corrected chi connectivity index (χ2v) is 5.76. The summed E-state index contributed by atoms with van der Waals surface area (Å²) in [7, 11) is 0. The summed E-state index contributed by atoms with van der Waals surface area (Å²) < 4.78 is 1.98. The molecule has 0 aliphatic heterocycles. The highest BCUT2D eigenvalue weighted by molar-refractivity contribution is 7.99. The zero-order chi connectivity index (χ0) is 15.9. The standard InChI is InChI=1S/C16H20N4OS/c1-4-9-20-15(13-8-6-7-12(3)10-13)18-19-16(20)22-11-14(21)17-5-2/h4,6-8,10H,1,5,9,11H2,2-3H3,(H,17,21). The van der Waals surface area contributed by atoms with Crippen LogP contribution < -0.4 is 5.32 Å². The lowest BCUT2D eigenvalue weighted by Crippen LogP contribution is -2.24. The van der Waals surface area contributed by atoms with Crippen molar-refractivity contribution in [2.75, 3.05) is 12.3 Å². The molecule has 1 aromatic carbocycles. The minimum Gasteiger partial charge on any atom is -0.356 e. The van der Waals surface area contributed by atoms with Crippen LogP contribution in [0.1, 0.15) is 12.5 Å². The normalized spacial score (nSPS) is 10.5. The van der Waals surface area contributed by atoms with Gasteiger partial charge in [-0.15, -0.1) is 16.8 Å². The van der Waals surface area contributed by atoms with Gasteiger partial charge < -0.3 is 5.32 Å². The van der Waals surface area contributed by atoms with E-state index in [2.05, 4.69) is 28.2 Å². The topological polar surface area (TPSA) is 59.8 Å². The van der Waals surface area contributed by atoms with Crippen molar-refractivity contribution in [1.29, 1.82) is 0 Å². The number of benzene rings is 1. The molecule has 0 unspecified atom stereocenters. The van der Waals surface area contributed by atoms with E-state index >= 15 is 0 Å². The fourth-order valence-electron chi connectivity index (χ4n) is 2.07. The third-order valence-corrected chi connectivity index (χ3v) is 3.98. The van der Waals surface area contributed by atoms with E-state index in [1.54, 1.807) is 6.08 Å². The van der Waals surface area contributed by atoms with Crippen molar-refractivity contribution in [3.05, 3.63) is 42.5 Å². The summed E-state index contributed by atoms with van der Waals surface area (Å²) in [6, 6.07) is 8.12. The Kier molecular flexibility index (Phi) is 5.77. The number of allylic oxidation sites excluding steroid dienone is 1. The lowest BCUT2D eigenvalue weighted by Gasteiger charge is -2.08. The molecule has 0 aliphatic carbocycles. The van der Waals surface area contributed by atoms with Crippen molar-refractivity contribution in [3.8, 4) is 11.4 Å². The third-order valence-electron chi connectivity index (χ3n) is 3.01. The van der Waals surface area contributed by atoms with Crippen molar-refractivity contribution < 1.29 is 4.79 Å². The van der Waals surface area contributed by atoms with E-state index in [-0.39, 0.29) is 5.91 Å². The smallest absolute Gasteiger partial charge is 0.230 e. The van der Waals surface area contributed by atoms with Gasteiger partial charge in [-0.05, 0) is 19.9 Å². The molecule has 1 heterocycles. The van der Waals surface area contributed by atoms with Crippen LogP contribution in [-0.4, -0.2) is 33.0 Å². The molecule has 0 saturated heterocycles. The number of nitrogens with one attached hydrogen (secondary N) is 1. The van der Waals surface area contributed by atoms with Crippen molar-refractivity contribution in [3.63, 3.8) is 0 Å². The van der Waals surface area contributed by atoms with Gasteiger partial charge in [0, 0.05) is 18.7 Å². The molecule has 5 nitrogen and oxygen atoms in total. The van der Waals surface area contributed by atoms with Crippen molar-refractivity contribution in [2.45, 2.75) is 25.5 Å². The number of rotatable bonds is 7. The molecule has 22 heavy (non-hydrogen) atoms. The molecule has 0 saturated carbocycles. The van der Waals surface area contributed by atoms with Crippen LogP contribution in [-0.2, 0) is 11.3 Å². The molecule has 0 spiro atoms. The summed E-state index contributed by atoms with van der Waals surface area (Å²) in [5, 5.41) is 12.0. The summed E-state index contributed by atoms with van der Waals surface area (Å²) in [6.07, 6.45) is 1.80. The Bertz CT molecular complexity index is 666. The first-order valence-electron chi connectivity index (χ1n) is 7.16. The highest BCUT2D eigenvalue weighted by Crippen LogP contribution is 2.24. The van der Waals surface area contributed by atoms with E-state index in [1.807, 2.05) is 36.6 Å². The number of carbonyl (C=O) groups is 1. The quantitative estimate of drug-likeness (QED) is 0.630. The molecule has 6 heteroatoms. The molecular formula is C16H20N4OS. The van der Waals surface area contributed by atoms with Gasteiger partial charge in [0.1, 0.15) is 0 Å². The number of aromatic nitrogens is 3. The molecule has 2 rings (SSSR count). The summed E-state index contributed by atoms with van der Waals surface area (Å²) >= 11 is 1.38. The Morgan fingerprint density at radius 2 is 2.27 bits per heavy atom. The van der Waals surface area contributed by atoms with E-state index in [4.69, 9.17) is 0 Å². The monoisotopic (exact) mass is 316 g/mol. The summed E-state index contributed by atoms with van der Waals surface area (Å²) in [6.45, 7) is 8.97. The van der Waals surface area contributed by atoms with E-state index in [0.29, 0.717) is 18.8 Å². The maximum absolute atomic E-state index is 11.6. The molecular weight excluding hydrogens is 296 g/mol. The molecule has 0 fully saturated rings. The zero-order valence-electron chi connectivity index (χ0n) is 12.9. The second kappa shape index (κ2) is 7.79. The van der Waals surface area contributed by atoms with Gasteiger partial charge in [0.25, 0.3) is 0 Å². The Morgan fingerprint density at radius 1 is 1.45 bits per heavy atom. The van der Waals surface area contributed by atoms with Crippen LogP contribution in [0.2, 0.25) is 0 Å². The number of amides is 1. The Hall–Kier alpha value is -2.08. The number of hydrogen-bond donors (Lipinski definition) is 1. The first-order chi connectivity index (χ1) is 10.7. The fraction of sp³-hybridized carbons (Fsp3) is 0.312. The number of hydrogen-bond acceptors (Lipinski definition) is 4. The average Bonchev–Trinajstić information content (AvgIpc) is 2.89. The number of thioether (sulfide) groups is 1. The molecule has 116 valence electrons. The Labute approximate surface area is 134 Å². The molecule has 0 aliphatic rings. The van der Waals surface area contributed by atoms with Crippen LogP contribution in [0, 0.1) is 6.92 Å². The van der Waals surface area contributed by atoms with Crippen molar-refractivity contribution in [1.82, 2.24) is 20.1 Å². The van der Waals surface area contributed by atoms with Gasteiger partial charge in [0.05, 0.1) is 5.75 Å². The molecule has 2 aromatic rings. The minimum atomic E-state index is -0.00208. The molecule has 1 amide bonds. The summed E-state index contributed by atoms with van der Waals surface area (Å²) in [5.41, 5.74) is 2.18. The van der Waals surface area contributed by atoms with Gasteiger partial charge >= 0.3 is 0 Å². The van der Waals surface area contributed by atoms with Crippen molar-refractivity contribution in [2.24, 2.45) is 0 Å². The van der Waals surface area contributed by atoms with Crippen LogP contribution in [0.25, 0.3) is 11.4 Å². The SMILES string of the molecule is C=CCn1c(SCC(=O)NCC)nnc1-c1cccc(C)c1. The van der Waals surface area contributed by atoms with E-state index < -0.39 is 0 Å². The molecule has 0 atom stereocenters. The van der Waals surface area contributed by atoms with Crippen LogP contribution in [0.3, 0.4) is 0 Å². The average molecular weight is 316 g/mol. The largest absolute Gasteiger partial charge is 0.356 e.